The summed E-state index contributed by atoms with van der Waals surface area (Å²) in [7, 11) is 1.99. The van der Waals surface area contributed by atoms with Gasteiger partial charge in [0.2, 0.25) is 0 Å². The van der Waals surface area contributed by atoms with E-state index in [9.17, 15) is 4.79 Å². The van der Waals surface area contributed by atoms with Crippen LogP contribution in [0.3, 0.4) is 0 Å². The molecule has 1 heterocycles. The second kappa shape index (κ2) is 6.07. The fourth-order valence-corrected chi connectivity index (χ4v) is 2.79. The van der Waals surface area contributed by atoms with E-state index in [4.69, 9.17) is 27.9 Å². The van der Waals surface area contributed by atoms with Crippen LogP contribution in [0.5, 0.6) is 5.75 Å². The molecule has 1 N–H and O–H groups in total. The summed E-state index contributed by atoms with van der Waals surface area (Å²) < 4.78 is 5.58. The molecule has 6 heteroatoms. The highest BCUT2D eigenvalue weighted by molar-refractivity contribution is 6.37. The monoisotopic (exact) mass is 336 g/mol. The van der Waals surface area contributed by atoms with Crippen LogP contribution < -0.4 is 15.0 Å². The standard InChI is InChI=1S/C16H14Cl2N2O2/c1-20-6-7-22-15-5-3-11(9-14(15)20)19-16(21)12-4-2-10(17)8-13(12)18/h2-5,8-9H,6-7H2,1H3,(H,19,21). The van der Waals surface area contributed by atoms with Crippen LogP contribution in [-0.2, 0) is 0 Å². The summed E-state index contributed by atoms with van der Waals surface area (Å²) in [6.07, 6.45) is 0. The second-order valence-corrected chi connectivity index (χ2v) is 5.87. The highest BCUT2D eigenvalue weighted by Crippen LogP contribution is 2.33. The van der Waals surface area contributed by atoms with Gasteiger partial charge in [-0.15, -0.1) is 0 Å². The van der Waals surface area contributed by atoms with Crippen molar-refractivity contribution in [2.75, 3.05) is 30.4 Å². The summed E-state index contributed by atoms with van der Waals surface area (Å²) in [4.78, 5) is 14.4. The van der Waals surface area contributed by atoms with E-state index in [1.807, 2.05) is 19.2 Å². The first-order valence-electron chi connectivity index (χ1n) is 6.79. The predicted molar refractivity (Wildman–Crippen MR) is 89.6 cm³/mol. The summed E-state index contributed by atoms with van der Waals surface area (Å²) in [5.74, 6) is 0.539. The molecule has 0 saturated heterocycles. The smallest absolute Gasteiger partial charge is 0.257 e. The number of rotatable bonds is 2. The number of nitrogens with zero attached hydrogens (tertiary/aromatic N) is 1. The topological polar surface area (TPSA) is 41.6 Å². The molecular weight excluding hydrogens is 323 g/mol. The van der Waals surface area contributed by atoms with Crippen molar-refractivity contribution in [3.63, 3.8) is 0 Å². The van der Waals surface area contributed by atoms with E-state index >= 15 is 0 Å². The molecule has 114 valence electrons. The lowest BCUT2D eigenvalue weighted by atomic mass is 10.2. The number of carbonyl (C=O) groups excluding carboxylic acids is 1. The average Bonchev–Trinajstić information content (AvgIpc) is 2.48. The lowest BCUT2D eigenvalue weighted by Gasteiger charge is -2.28. The Bertz CT molecular complexity index is 734. The summed E-state index contributed by atoms with van der Waals surface area (Å²) in [6.45, 7) is 1.48. The Kier molecular flexibility index (Phi) is 4.14. The third-order valence-corrected chi connectivity index (χ3v) is 4.04. The van der Waals surface area contributed by atoms with Crippen molar-refractivity contribution >= 4 is 40.5 Å². The molecule has 1 aliphatic heterocycles. The van der Waals surface area contributed by atoms with Gasteiger partial charge in [-0.2, -0.15) is 0 Å². The number of benzene rings is 2. The SMILES string of the molecule is CN1CCOc2ccc(NC(=O)c3ccc(Cl)cc3Cl)cc21. The number of carbonyl (C=O) groups is 1. The van der Waals surface area contributed by atoms with Gasteiger partial charge in [0, 0.05) is 17.8 Å². The third kappa shape index (κ3) is 2.98. The molecule has 0 bridgehead atoms. The molecule has 0 aromatic heterocycles. The Hall–Kier alpha value is -1.91. The first kappa shape index (κ1) is 15.0. The van der Waals surface area contributed by atoms with Crippen molar-refractivity contribution in [1.29, 1.82) is 0 Å². The molecule has 0 spiro atoms. The number of hydrogen-bond acceptors (Lipinski definition) is 3. The fraction of sp³-hybridized carbons (Fsp3) is 0.188. The van der Waals surface area contributed by atoms with Crippen LogP contribution in [0.1, 0.15) is 10.4 Å². The van der Waals surface area contributed by atoms with Crippen molar-refractivity contribution in [3.8, 4) is 5.75 Å². The molecule has 0 fully saturated rings. The van der Waals surface area contributed by atoms with Gasteiger partial charge >= 0.3 is 0 Å². The van der Waals surface area contributed by atoms with Gasteiger partial charge < -0.3 is 15.0 Å². The van der Waals surface area contributed by atoms with E-state index in [0.29, 0.717) is 27.9 Å². The minimum Gasteiger partial charge on any atom is -0.490 e. The van der Waals surface area contributed by atoms with Gasteiger partial charge in [-0.3, -0.25) is 4.79 Å². The van der Waals surface area contributed by atoms with Crippen LogP contribution in [-0.4, -0.2) is 26.1 Å². The quantitative estimate of drug-likeness (QED) is 0.898. The van der Waals surface area contributed by atoms with Gasteiger partial charge in [0.15, 0.2) is 0 Å². The van der Waals surface area contributed by atoms with Gasteiger partial charge in [-0.1, -0.05) is 23.2 Å². The zero-order valence-electron chi connectivity index (χ0n) is 11.9. The van der Waals surface area contributed by atoms with Crippen LogP contribution >= 0.6 is 23.2 Å². The molecule has 4 nitrogen and oxygen atoms in total. The number of hydrogen-bond donors (Lipinski definition) is 1. The summed E-state index contributed by atoms with van der Waals surface area (Å²) >= 11 is 11.9. The largest absolute Gasteiger partial charge is 0.490 e. The van der Waals surface area contributed by atoms with Crippen LogP contribution in [0.4, 0.5) is 11.4 Å². The van der Waals surface area contributed by atoms with E-state index in [1.165, 1.54) is 0 Å². The van der Waals surface area contributed by atoms with Crippen LogP contribution in [0.25, 0.3) is 0 Å². The van der Waals surface area contributed by atoms with Gasteiger partial charge in [-0.25, -0.2) is 0 Å². The number of ether oxygens (including phenoxy) is 1. The minimum atomic E-state index is -0.277. The molecule has 0 unspecified atom stereocenters. The molecule has 0 saturated carbocycles. The van der Waals surface area contributed by atoms with E-state index in [2.05, 4.69) is 10.2 Å². The number of likely N-dealkylation sites (N-methyl/N-ethyl adjacent to an activating group) is 1. The molecule has 1 amide bonds. The Balaban J connectivity index is 1.84. The lowest BCUT2D eigenvalue weighted by molar-refractivity contribution is 0.102. The van der Waals surface area contributed by atoms with Crippen molar-refractivity contribution in [2.24, 2.45) is 0 Å². The van der Waals surface area contributed by atoms with Crippen molar-refractivity contribution in [3.05, 3.63) is 52.0 Å². The lowest BCUT2D eigenvalue weighted by Crippen LogP contribution is -2.28. The fourth-order valence-electron chi connectivity index (χ4n) is 2.30. The summed E-state index contributed by atoms with van der Waals surface area (Å²) in [6, 6.07) is 10.3. The van der Waals surface area contributed by atoms with Crippen molar-refractivity contribution in [2.45, 2.75) is 0 Å². The van der Waals surface area contributed by atoms with E-state index in [0.717, 1.165) is 18.0 Å². The van der Waals surface area contributed by atoms with E-state index < -0.39 is 0 Å². The molecular formula is C16H14Cl2N2O2. The second-order valence-electron chi connectivity index (χ2n) is 5.03. The van der Waals surface area contributed by atoms with Gasteiger partial charge in [0.25, 0.3) is 5.91 Å². The minimum absolute atomic E-state index is 0.277. The average molecular weight is 337 g/mol. The van der Waals surface area contributed by atoms with Crippen LogP contribution in [0, 0.1) is 0 Å². The maximum atomic E-state index is 12.3. The molecule has 0 aliphatic carbocycles. The third-order valence-electron chi connectivity index (χ3n) is 3.49. The van der Waals surface area contributed by atoms with E-state index in [1.54, 1.807) is 24.3 Å². The Labute approximate surface area is 138 Å². The number of nitrogens with one attached hydrogen (secondary N) is 1. The highest BCUT2D eigenvalue weighted by Gasteiger charge is 2.17. The Morgan fingerprint density at radius 1 is 1.23 bits per heavy atom. The number of anilines is 2. The predicted octanol–water partition coefficient (Wildman–Crippen LogP) is 4.07. The van der Waals surface area contributed by atoms with Crippen molar-refractivity contribution in [1.82, 2.24) is 0 Å². The number of amides is 1. The first-order chi connectivity index (χ1) is 10.5. The Morgan fingerprint density at radius 2 is 2.05 bits per heavy atom. The summed E-state index contributed by atoms with van der Waals surface area (Å²) in [5.41, 5.74) is 2.02. The van der Waals surface area contributed by atoms with Gasteiger partial charge in [0.1, 0.15) is 12.4 Å². The number of fused-ring (bicyclic) bond motifs is 1. The molecule has 22 heavy (non-hydrogen) atoms. The molecule has 3 rings (SSSR count). The maximum absolute atomic E-state index is 12.3. The molecule has 0 radical (unpaired) electrons. The maximum Gasteiger partial charge on any atom is 0.257 e. The zero-order valence-corrected chi connectivity index (χ0v) is 13.4. The zero-order chi connectivity index (χ0) is 15.7. The van der Waals surface area contributed by atoms with Crippen LogP contribution in [0.2, 0.25) is 10.0 Å². The van der Waals surface area contributed by atoms with Crippen molar-refractivity contribution < 1.29 is 9.53 Å². The van der Waals surface area contributed by atoms with Gasteiger partial charge in [0.05, 0.1) is 22.8 Å². The molecule has 0 atom stereocenters. The van der Waals surface area contributed by atoms with Crippen LogP contribution in [0.15, 0.2) is 36.4 Å². The van der Waals surface area contributed by atoms with Gasteiger partial charge in [-0.05, 0) is 36.4 Å². The highest BCUT2D eigenvalue weighted by atomic mass is 35.5. The first-order valence-corrected chi connectivity index (χ1v) is 7.54. The molecule has 2 aromatic carbocycles. The van der Waals surface area contributed by atoms with E-state index in [-0.39, 0.29) is 5.91 Å². The summed E-state index contributed by atoms with van der Waals surface area (Å²) in [5, 5.41) is 3.66. The molecule has 1 aliphatic rings. The normalized spacial score (nSPS) is 13.3. The number of halogens is 2. The molecule has 2 aromatic rings. The Morgan fingerprint density at radius 3 is 2.82 bits per heavy atom.